The van der Waals surface area contributed by atoms with Gasteiger partial charge in [0.1, 0.15) is 11.4 Å². The van der Waals surface area contributed by atoms with Gasteiger partial charge in [-0.15, -0.1) is 0 Å². The van der Waals surface area contributed by atoms with Gasteiger partial charge in [-0.1, -0.05) is 34.5 Å². The fourth-order valence-electron chi connectivity index (χ4n) is 3.48. The number of rotatable bonds is 5. The van der Waals surface area contributed by atoms with Gasteiger partial charge in [0.2, 0.25) is 0 Å². The number of aromatic amines is 1. The fraction of sp³-hybridized carbons (Fsp3) is 0.227. The third-order valence-electron chi connectivity index (χ3n) is 4.93. The van der Waals surface area contributed by atoms with Crippen molar-refractivity contribution in [2.75, 3.05) is 6.54 Å². The normalized spacial score (nSPS) is 11.3. The molecule has 4 aromatic rings. The molecule has 0 atom stereocenters. The van der Waals surface area contributed by atoms with E-state index in [4.69, 9.17) is 16.0 Å². The van der Waals surface area contributed by atoms with Crippen LogP contribution in [0.15, 0.2) is 50.1 Å². The van der Waals surface area contributed by atoms with Crippen LogP contribution in [0.5, 0.6) is 0 Å². The third-order valence-corrected chi connectivity index (χ3v) is 5.66. The third kappa shape index (κ3) is 3.87. The lowest BCUT2D eigenvalue weighted by molar-refractivity contribution is 0.0708. The topological polar surface area (TPSA) is 79.2 Å². The lowest BCUT2D eigenvalue weighted by atomic mass is 10.1. The van der Waals surface area contributed by atoms with Crippen LogP contribution in [0.25, 0.3) is 21.9 Å². The maximum absolute atomic E-state index is 13.3. The average Bonchev–Trinajstić information content (AvgIpc) is 3.03. The molecule has 2 aromatic heterocycles. The Kier molecular flexibility index (Phi) is 5.66. The second-order valence-electron chi connectivity index (χ2n) is 7.10. The second kappa shape index (κ2) is 8.24. The summed E-state index contributed by atoms with van der Waals surface area (Å²) in [6, 6.07) is 10.6. The smallest absolute Gasteiger partial charge is 0.290 e. The van der Waals surface area contributed by atoms with E-state index in [1.165, 1.54) is 0 Å². The van der Waals surface area contributed by atoms with Crippen molar-refractivity contribution in [2.45, 2.75) is 26.8 Å². The van der Waals surface area contributed by atoms with Crippen molar-refractivity contribution in [1.82, 2.24) is 14.9 Å². The molecule has 0 fully saturated rings. The van der Waals surface area contributed by atoms with Gasteiger partial charge in [-0.2, -0.15) is 0 Å². The molecule has 6 nitrogen and oxygen atoms in total. The number of halogens is 2. The number of carbonyl (C=O) groups excluding carboxylic acids is 1. The highest BCUT2D eigenvalue weighted by Gasteiger charge is 2.24. The zero-order valence-electron chi connectivity index (χ0n) is 16.5. The zero-order chi connectivity index (χ0) is 21.4. The van der Waals surface area contributed by atoms with Gasteiger partial charge in [-0.05, 0) is 49.7 Å². The van der Waals surface area contributed by atoms with E-state index in [9.17, 15) is 9.59 Å². The summed E-state index contributed by atoms with van der Waals surface area (Å²) in [6.45, 7) is 4.51. The number of H-pyrrole nitrogens is 1. The van der Waals surface area contributed by atoms with E-state index in [0.717, 1.165) is 21.8 Å². The first-order chi connectivity index (χ1) is 14.4. The van der Waals surface area contributed by atoms with Crippen molar-refractivity contribution in [3.63, 3.8) is 0 Å². The highest BCUT2D eigenvalue weighted by molar-refractivity contribution is 9.10. The van der Waals surface area contributed by atoms with E-state index < -0.39 is 0 Å². The number of amides is 1. The Hall–Kier alpha value is -2.64. The molecule has 154 valence electrons. The highest BCUT2D eigenvalue weighted by atomic mass is 79.9. The summed E-state index contributed by atoms with van der Waals surface area (Å²) in [5, 5.41) is 1.84. The maximum atomic E-state index is 13.3. The Morgan fingerprint density at radius 1 is 1.23 bits per heavy atom. The first kappa shape index (κ1) is 20.6. The summed E-state index contributed by atoms with van der Waals surface area (Å²) in [6.07, 6.45) is 0.750. The van der Waals surface area contributed by atoms with Crippen LogP contribution < -0.4 is 5.56 Å². The van der Waals surface area contributed by atoms with E-state index in [1.807, 2.05) is 32.0 Å². The standard InChI is InChI=1S/C22H19BrClN3O3/c1-3-8-27(11-19-25-17-10-14(24)5-6-15(17)21(28)26-19)22(29)20-12(2)16-9-13(23)4-7-18(16)30-20/h4-7,9-10H,3,8,11H2,1-2H3,(H,25,26,28). The van der Waals surface area contributed by atoms with E-state index in [0.29, 0.717) is 39.6 Å². The average molecular weight is 489 g/mol. The summed E-state index contributed by atoms with van der Waals surface area (Å²) in [5.41, 5.74) is 1.67. The predicted octanol–water partition coefficient (Wildman–Crippen LogP) is 5.45. The molecule has 0 spiro atoms. The molecule has 0 bridgehead atoms. The van der Waals surface area contributed by atoms with Gasteiger partial charge in [-0.3, -0.25) is 9.59 Å². The molecule has 0 aliphatic heterocycles. The van der Waals surface area contributed by atoms with Crippen LogP contribution in [0.3, 0.4) is 0 Å². The van der Waals surface area contributed by atoms with Crippen molar-refractivity contribution in [2.24, 2.45) is 0 Å². The molecule has 2 heterocycles. The Balaban J connectivity index is 1.71. The number of carbonyl (C=O) groups is 1. The monoisotopic (exact) mass is 487 g/mol. The molecule has 1 amide bonds. The summed E-state index contributed by atoms with van der Waals surface area (Å²) in [5.74, 6) is 0.450. The van der Waals surface area contributed by atoms with Crippen molar-refractivity contribution in [3.8, 4) is 0 Å². The molecule has 1 N–H and O–H groups in total. The molecule has 30 heavy (non-hydrogen) atoms. The van der Waals surface area contributed by atoms with E-state index in [2.05, 4.69) is 25.9 Å². The zero-order valence-corrected chi connectivity index (χ0v) is 18.8. The van der Waals surface area contributed by atoms with Gasteiger partial charge in [0.25, 0.3) is 11.5 Å². The summed E-state index contributed by atoms with van der Waals surface area (Å²) in [4.78, 5) is 34.6. The molecule has 0 unspecified atom stereocenters. The number of hydrogen-bond acceptors (Lipinski definition) is 4. The minimum absolute atomic E-state index is 0.157. The van der Waals surface area contributed by atoms with Crippen LogP contribution in [0, 0.1) is 6.92 Å². The van der Waals surface area contributed by atoms with Gasteiger partial charge < -0.3 is 14.3 Å². The number of fused-ring (bicyclic) bond motifs is 2. The molecule has 0 saturated carbocycles. The van der Waals surface area contributed by atoms with Gasteiger partial charge in [0.15, 0.2) is 5.76 Å². The van der Waals surface area contributed by atoms with Crippen LogP contribution in [0.1, 0.15) is 35.3 Å². The quantitative estimate of drug-likeness (QED) is 0.405. The van der Waals surface area contributed by atoms with Gasteiger partial charge >= 0.3 is 0 Å². The summed E-state index contributed by atoms with van der Waals surface area (Å²) in [7, 11) is 0. The first-order valence-electron chi connectivity index (χ1n) is 9.53. The second-order valence-corrected chi connectivity index (χ2v) is 8.45. The number of benzene rings is 2. The van der Waals surface area contributed by atoms with Crippen LogP contribution in [0.4, 0.5) is 0 Å². The van der Waals surface area contributed by atoms with Crippen molar-refractivity contribution >= 4 is 55.3 Å². The Morgan fingerprint density at radius 3 is 2.80 bits per heavy atom. The molecule has 0 saturated heterocycles. The number of aromatic nitrogens is 2. The van der Waals surface area contributed by atoms with E-state index in [1.54, 1.807) is 23.1 Å². The molecular weight excluding hydrogens is 470 g/mol. The number of hydrogen-bond donors (Lipinski definition) is 1. The van der Waals surface area contributed by atoms with Crippen molar-refractivity contribution < 1.29 is 9.21 Å². The SMILES string of the molecule is CCCN(Cc1nc2cc(Cl)ccc2c(=O)[nH]1)C(=O)c1oc2ccc(Br)cc2c1C. The van der Waals surface area contributed by atoms with E-state index in [-0.39, 0.29) is 18.0 Å². The number of furan rings is 1. The van der Waals surface area contributed by atoms with Crippen LogP contribution >= 0.6 is 27.5 Å². The lowest BCUT2D eigenvalue weighted by Gasteiger charge is -2.21. The Morgan fingerprint density at radius 2 is 2.03 bits per heavy atom. The molecule has 0 radical (unpaired) electrons. The van der Waals surface area contributed by atoms with E-state index >= 15 is 0 Å². The highest BCUT2D eigenvalue weighted by Crippen LogP contribution is 2.29. The Bertz CT molecular complexity index is 1330. The molecule has 4 rings (SSSR count). The molecule has 8 heteroatoms. The summed E-state index contributed by atoms with van der Waals surface area (Å²) < 4.78 is 6.79. The number of nitrogens with zero attached hydrogens (tertiary/aromatic N) is 2. The van der Waals surface area contributed by atoms with Gasteiger partial charge in [0.05, 0.1) is 17.4 Å². The van der Waals surface area contributed by atoms with Crippen LogP contribution in [-0.2, 0) is 6.54 Å². The molecule has 0 aliphatic carbocycles. The first-order valence-corrected chi connectivity index (χ1v) is 10.7. The molecule has 0 aliphatic rings. The number of nitrogens with one attached hydrogen (secondary N) is 1. The van der Waals surface area contributed by atoms with Crippen molar-refractivity contribution in [1.29, 1.82) is 0 Å². The Labute approximate surface area is 186 Å². The predicted molar refractivity (Wildman–Crippen MR) is 121 cm³/mol. The molecular formula is C22H19BrClN3O3. The van der Waals surface area contributed by atoms with Crippen LogP contribution in [0.2, 0.25) is 5.02 Å². The molecule has 2 aromatic carbocycles. The minimum atomic E-state index is -0.264. The lowest BCUT2D eigenvalue weighted by Crippen LogP contribution is -2.33. The van der Waals surface area contributed by atoms with Gasteiger partial charge in [0, 0.05) is 27.0 Å². The van der Waals surface area contributed by atoms with Crippen LogP contribution in [-0.4, -0.2) is 27.3 Å². The largest absolute Gasteiger partial charge is 0.451 e. The fourth-order valence-corrected chi connectivity index (χ4v) is 4.01. The van der Waals surface area contributed by atoms with Gasteiger partial charge in [-0.25, -0.2) is 4.98 Å². The summed E-state index contributed by atoms with van der Waals surface area (Å²) >= 11 is 9.50. The minimum Gasteiger partial charge on any atom is -0.451 e. The number of aryl methyl sites for hydroxylation is 1. The van der Waals surface area contributed by atoms with Crippen molar-refractivity contribution in [3.05, 3.63) is 73.4 Å². The maximum Gasteiger partial charge on any atom is 0.290 e.